The molecule has 94 valence electrons. The zero-order valence-electron chi connectivity index (χ0n) is 10.7. The Morgan fingerprint density at radius 2 is 2.19 bits per heavy atom. The first-order chi connectivity index (χ1) is 7.46. The molecule has 1 aliphatic rings. The van der Waals surface area contributed by atoms with Crippen LogP contribution in [0.25, 0.3) is 0 Å². The van der Waals surface area contributed by atoms with Crippen molar-refractivity contribution in [3.8, 4) is 0 Å². The molecule has 16 heavy (non-hydrogen) atoms. The van der Waals surface area contributed by atoms with Crippen molar-refractivity contribution in [2.75, 3.05) is 25.4 Å². The van der Waals surface area contributed by atoms with E-state index in [0.29, 0.717) is 11.3 Å². The number of nitrogens with zero attached hydrogens (tertiary/aromatic N) is 1. The first-order valence-electron chi connectivity index (χ1n) is 6.09. The highest BCUT2D eigenvalue weighted by Crippen LogP contribution is 2.31. The second kappa shape index (κ2) is 5.92. The van der Waals surface area contributed by atoms with Gasteiger partial charge in [-0.2, -0.15) is 11.8 Å². The molecule has 0 spiro atoms. The number of rotatable bonds is 3. The molecule has 1 heterocycles. The Labute approximate surface area is 103 Å². The predicted molar refractivity (Wildman–Crippen MR) is 70.6 cm³/mol. The van der Waals surface area contributed by atoms with Crippen LogP contribution in [0, 0.1) is 5.92 Å². The number of hydrogen-bond acceptors (Lipinski definition) is 3. The summed E-state index contributed by atoms with van der Waals surface area (Å²) in [4.78, 5) is 14.1. The van der Waals surface area contributed by atoms with Crippen LogP contribution in [0.1, 0.15) is 33.6 Å². The van der Waals surface area contributed by atoms with Gasteiger partial charge in [-0.05, 0) is 19.4 Å². The van der Waals surface area contributed by atoms with Gasteiger partial charge in [-0.3, -0.25) is 4.79 Å². The zero-order chi connectivity index (χ0) is 12.2. The molecule has 1 unspecified atom stereocenters. The largest absolute Gasteiger partial charge is 0.342 e. The van der Waals surface area contributed by atoms with Crippen LogP contribution < -0.4 is 5.73 Å². The van der Waals surface area contributed by atoms with Crippen LogP contribution in [-0.2, 0) is 4.79 Å². The van der Waals surface area contributed by atoms with E-state index in [1.54, 1.807) is 0 Å². The van der Waals surface area contributed by atoms with Crippen LogP contribution in [0.2, 0.25) is 0 Å². The van der Waals surface area contributed by atoms with E-state index >= 15 is 0 Å². The fourth-order valence-electron chi connectivity index (χ4n) is 1.93. The van der Waals surface area contributed by atoms with Crippen LogP contribution in [0.15, 0.2) is 0 Å². The Morgan fingerprint density at radius 1 is 1.50 bits per heavy atom. The molecule has 1 rings (SSSR count). The monoisotopic (exact) mass is 244 g/mol. The minimum Gasteiger partial charge on any atom is -0.342 e. The lowest BCUT2D eigenvalue weighted by Gasteiger charge is -2.25. The van der Waals surface area contributed by atoms with Gasteiger partial charge in [-0.25, -0.2) is 0 Å². The van der Waals surface area contributed by atoms with Gasteiger partial charge in [0.1, 0.15) is 0 Å². The van der Waals surface area contributed by atoms with Gasteiger partial charge in [0.05, 0.1) is 0 Å². The molecule has 4 heteroatoms. The van der Waals surface area contributed by atoms with E-state index in [1.807, 2.05) is 23.6 Å². The van der Waals surface area contributed by atoms with Gasteiger partial charge in [0.15, 0.2) is 0 Å². The third-order valence-electron chi connectivity index (χ3n) is 3.17. The highest BCUT2D eigenvalue weighted by Gasteiger charge is 2.27. The van der Waals surface area contributed by atoms with Gasteiger partial charge in [0.25, 0.3) is 0 Å². The molecule has 0 aromatic rings. The molecule has 0 aromatic carbocycles. The third-order valence-corrected chi connectivity index (χ3v) is 4.54. The van der Waals surface area contributed by atoms with E-state index < -0.39 is 0 Å². The molecular formula is C12H24N2OS. The maximum atomic E-state index is 12.1. The van der Waals surface area contributed by atoms with Gasteiger partial charge in [-0.1, -0.05) is 20.8 Å². The summed E-state index contributed by atoms with van der Waals surface area (Å²) in [7, 11) is 0. The lowest BCUT2D eigenvalue weighted by Crippen LogP contribution is -2.37. The van der Waals surface area contributed by atoms with Crippen molar-refractivity contribution in [1.29, 1.82) is 0 Å². The summed E-state index contributed by atoms with van der Waals surface area (Å²) in [5.41, 5.74) is 5.50. The minimum atomic E-state index is 0.0798. The second-order valence-electron chi connectivity index (χ2n) is 5.16. The minimum absolute atomic E-state index is 0.0798. The van der Waals surface area contributed by atoms with Crippen molar-refractivity contribution in [1.82, 2.24) is 4.90 Å². The van der Waals surface area contributed by atoms with Crippen LogP contribution in [0.3, 0.4) is 0 Å². The highest BCUT2D eigenvalue weighted by atomic mass is 32.2. The van der Waals surface area contributed by atoms with E-state index in [-0.39, 0.29) is 11.8 Å². The van der Waals surface area contributed by atoms with Gasteiger partial charge in [-0.15, -0.1) is 0 Å². The van der Waals surface area contributed by atoms with Crippen molar-refractivity contribution >= 4 is 17.7 Å². The maximum Gasteiger partial charge on any atom is 0.225 e. The molecule has 0 bridgehead atoms. The smallest absolute Gasteiger partial charge is 0.225 e. The summed E-state index contributed by atoms with van der Waals surface area (Å²) in [6, 6.07) is 0. The average Bonchev–Trinajstić information content (AvgIpc) is 2.39. The fraction of sp³-hybridized carbons (Fsp3) is 0.917. The second-order valence-corrected chi connectivity index (χ2v) is 6.96. The van der Waals surface area contributed by atoms with Crippen LogP contribution >= 0.6 is 11.8 Å². The molecular weight excluding hydrogens is 220 g/mol. The third kappa shape index (κ3) is 3.98. The Hall–Kier alpha value is -0.220. The van der Waals surface area contributed by atoms with Crippen molar-refractivity contribution in [3.05, 3.63) is 0 Å². The summed E-state index contributed by atoms with van der Waals surface area (Å²) in [6.45, 7) is 8.89. The Kier molecular flexibility index (Phi) is 5.12. The lowest BCUT2D eigenvalue weighted by atomic mass is 10.1. The summed E-state index contributed by atoms with van der Waals surface area (Å²) < 4.78 is 0.312. The number of carbonyl (C=O) groups is 1. The fourth-order valence-corrected chi connectivity index (χ4v) is 3.03. The Balaban J connectivity index is 2.51. The first-order valence-corrected chi connectivity index (χ1v) is 7.07. The van der Waals surface area contributed by atoms with Crippen LogP contribution in [0.5, 0.6) is 0 Å². The molecule has 1 aliphatic heterocycles. The van der Waals surface area contributed by atoms with Crippen molar-refractivity contribution in [2.45, 2.75) is 38.4 Å². The van der Waals surface area contributed by atoms with E-state index in [0.717, 1.165) is 31.7 Å². The molecule has 3 nitrogen and oxygen atoms in total. The molecule has 2 N–H and O–H groups in total. The highest BCUT2D eigenvalue weighted by molar-refractivity contribution is 8.00. The number of amides is 1. The van der Waals surface area contributed by atoms with E-state index in [4.69, 9.17) is 5.73 Å². The summed E-state index contributed by atoms with van der Waals surface area (Å²) in [6.07, 6.45) is 1.88. The molecule has 0 aliphatic carbocycles. The SMILES string of the molecule is CC(CCN)C(=O)N1CCSC(C)(C)CC1. The molecule has 0 aromatic heterocycles. The van der Waals surface area contributed by atoms with Crippen molar-refractivity contribution in [3.63, 3.8) is 0 Å². The summed E-state index contributed by atoms with van der Waals surface area (Å²) in [5.74, 6) is 1.41. The first kappa shape index (κ1) is 13.8. The van der Waals surface area contributed by atoms with E-state index in [1.165, 1.54) is 0 Å². The zero-order valence-corrected chi connectivity index (χ0v) is 11.5. The molecule has 0 saturated carbocycles. The maximum absolute atomic E-state index is 12.1. The molecule has 1 saturated heterocycles. The molecule has 1 atom stereocenters. The quantitative estimate of drug-likeness (QED) is 0.822. The van der Waals surface area contributed by atoms with Gasteiger partial charge in [0, 0.05) is 29.5 Å². The molecule has 1 fully saturated rings. The van der Waals surface area contributed by atoms with E-state index in [2.05, 4.69) is 13.8 Å². The Morgan fingerprint density at radius 3 is 2.81 bits per heavy atom. The lowest BCUT2D eigenvalue weighted by molar-refractivity contribution is -0.134. The van der Waals surface area contributed by atoms with Gasteiger partial charge >= 0.3 is 0 Å². The normalized spacial score (nSPS) is 22.6. The number of thioether (sulfide) groups is 1. The van der Waals surface area contributed by atoms with Crippen LogP contribution in [-0.4, -0.2) is 40.9 Å². The van der Waals surface area contributed by atoms with Gasteiger partial charge < -0.3 is 10.6 Å². The predicted octanol–water partition coefficient (Wildman–Crippen LogP) is 1.72. The standard InChI is InChI=1S/C12H24N2OS/c1-10(4-6-13)11(15)14-7-5-12(2,3)16-9-8-14/h10H,4-9,13H2,1-3H3. The van der Waals surface area contributed by atoms with Crippen molar-refractivity contribution < 1.29 is 4.79 Å². The topological polar surface area (TPSA) is 46.3 Å². The van der Waals surface area contributed by atoms with E-state index in [9.17, 15) is 4.79 Å². The molecule has 1 amide bonds. The average molecular weight is 244 g/mol. The number of hydrogen-bond donors (Lipinski definition) is 1. The summed E-state index contributed by atoms with van der Waals surface area (Å²) >= 11 is 1.97. The number of nitrogens with two attached hydrogens (primary N) is 1. The number of carbonyl (C=O) groups excluding carboxylic acids is 1. The summed E-state index contributed by atoms with van der Waals surface area (Å²) in [5, 5.41) is 0. The van der Waals surface area contributed by atoms with Gasteiger partial charge in [0.2, 0.25) is 5.91 Å². The molecule has 0 radical (unpaired) electrons. The van der Waals surface area contributed by atoms with Crippen LogP contribution in [0.4, 0.5) is 0 Å². The van der Waals surface area contributed by atoms with Crippen molar-refractivity contribution in [2.24, 2.45) is 11.7 Å². The Bertz CT molecular complexity index is 243.